The van der Waals surface area contributed by atoms with E-state index < -0.39 is 75.7 Å². The first-order chi connectivity index (χ1) is 18.5. The van der Waals surface area contributed by atoms with Crippen molar-refractivity contribution in [3.8, 4) is 0 Å². The van der Waals surface area contributed by atoms with Crippen molar-refractivity contribution in [2.75, 3.05) is 13.2 Å². The van der Waals surface area contributed by atoms with E-state index in [4.69, 9.17) is 18.9 Å². The molecule has 4 fully saturated rings. The molecule has 0 radical (unpaired) electrons. The van der Waals surface area contributed by atoms with Gasteiger partial charge in [-0.15, -0.1) is 19.0 Å². The quantitative estimate of drug-likeness (QED) is 0.282. The number of Topliss-reactive ketones (excluding diaryl/α,β-unsaturated/α-hetero) is 1. The fourth-order valence-electron chi connectivity index (χ4n) is 8.09. The molecule has 0 aromatic rings. The van der Waals surface area contributed by atoms with Crippen molar-refractivity contribution in [1.82, 2.24) is 5.32 Å². The molecule has 0 aromatic carbocycles. The molecule has 5 N–H and O–H groups in total. The van der Waals surface area contributed by atoms with Crippen molar-refractivity contribution < 1.29 is 49.0 Å². The van der Waals surface area contributed by atoms with Crippen molar-refractivity contribution in [1.29, 1.82) is 0 Å². The van der Waals surface area contributed by atoms with Crippen molar-refractivity contribution in [2.24, 2.45) is 16.7 Å². The van der Waals surface area contributed by atoms with E-state index in [9.17, 15) is 24.6 Å². The molecule has 2 aliphatic carbocycles. The topological polar surface area (TPSA) is 172 Å². The number of halogens is 1. The minimum atomic E-state index is -2.29. The maximum absolute atomic E-state index is 14.3. The fourth-order valence-corrected chi connectivity index (χ4v) is 8.09. The normalized spacial score (nSPS) is 42.3. The van der Waals surface area contributed by atoms with Crippen LogP contribution in [0, 0.1) is 16.7 Å². The van der Waals surface area contributed by atoms with Gasteiger partial charge in [0.05, 0.1) is 18.2 Å². The molecule has 42 heavy (non-hydrogen) atoms. The largest absolute Gasteiger partial charge is 0.461 e. The molecule has 0 amide bonds. The average Bonchev–Trinajstić information content (AvgIpc) is 3.40. The molecule has 2 aliphatic heterocycles. The Morgan fingerprint density at radius 3 is 2.36 bits per heavy atom. The Morgan fingerprint density at radius 2 is 1.81 bits per heavy atom. The zero-order valence-corrected chi connectivity index (χ0v) is 26.7. The summed E-state index contributed by atoms with van der Waals surface area (Å²) in [5, 5.41) is 28.0. The van der Waals surface area contributed by atoms with Crippen LogP contribution in [0.1, 0.15) is 80.6 Å². The third-order valence-electron chi connectivity index (χ3n) is 10.1. The van der Waals surface area contributed by atoms with Gasteiger partial charge >= 0.3 is 11.9 Å². The maximum atomic E-state index is 14.3. The summed E-state index contributed by atoms with van der Waals surface area (Å²) < 4.78 is 24.0. The molecular formula is C30H50ClNO10. The highest BCUT2D eigenvalue weighted by molar-refractivity contribution is 5.92. The van der Waals surface area contributed by atoms with Crippen molar-refractivity contribution in [2.45, 2.75) is 128 Å². The lowest BCUT2D eigenvalue weighted by Crippen LogP contribution is -2.87. The molecule has 0 bridgehead atoms. The second kappa shape index (κ2) is 12.4. The van der Waals surface area contributed by atoms with Crippen molar-refractivity contribution >= 4 is 30.1 Å². The van der Waals surface area contributed by atoms with E-state index in [1.54, 1.807) is 13.8 Å². The predicted molar refractivity (Wildman–Crippen MR) is 156 cm³/mol. The molecule has 0 aromatic heterocycles. The highest BCUT2D eigenvalue weighted by atomic mass is 35.5. The molecule has 0 spiro atoms. The Morgan fingerprint density at radius 1 is 1.17 bits per heavy atom. The highest BCUT2D eigenvalue weighted by Crippen LogP contribution is 2.67. The van der Waals surface area contributed by atoms with E-state index in [1.165, 1.54) is 13.0 Å². The number of esters is 2. The number of hydrogen-bond donors (Lipinski definition) is 3. The molecule has 11 nitrogen and oxygen atoms in total. The van der Waals surface area contributed by atoms with E-state index in [1.807, 2.05) is 27.7 Å². The zero-order chi connectivity index (χ0) is 29.9. The molecule has 1 unspecified atom stereocenters. The number of aliphatic hydroxyl groups excluding tert-OH is 1. The number of carbonyl (C=O) groups excluding carboxylic acids is 3. The molecule has 12 heteroatoms. The summed E-state index contributed by atoms with van der Waals surface area (Å²) in [5.41, 5.74) is -7.51. The Bertz CT molecular complexity index is 1050. The third-order valence-corrected chi connectivity index (χ3v) is 10.1. The van der Waals surface area contributed by atoms with Crippen LogP contribution in [-0.4, -0.2) is 93.8 Å². The van der Waals surface area contributed by atoms with Crippen LogP contribution in [0.4, 0.5) is 0 Å². The van der Waals surface area contributed by atoms with Gasteiger partial charge < -0.3 is 40.0 Å². The minimum Gasteiger partial charge on any atom is -0.461 e. The van der Waals surface area contributed by atoms with Gasteiger partial charge in [0.25, 0.3) is 0 Å². The Labute approximate surface area is 254 Å². The monoisotopic (exact) mass is 619 g/mol. The first-order valence-electron chi connectivity index (χ1n) is 14.5. The predicted octanol–water partition coefficient (Wildman–Crippen LogP) is 1.83. The molecule has 9 atom stereocenters. The second-order valence-corrected chi connectivity index (χ2v) is 13.7. The summed E-state index contributed by atoms with van der Waals surface area (Å²) in [6, 6.07) is 0.0503. The summed E-state index contributed by atoms with van der Waals surface area (Å²) in [4.78, 5) is 40.5. The van der Waals surface area contributed by atoms with Gasteiger partial charge in [-0.2, -0.15) is 0 Å². The van der Waals surface area contributed by atoms with Crippen LogP contribution >= 0.6 is 12.4 Å². The number of aliphatic hydroxyl groups is 2. The number of fused-ring (bicyclic) bond motifs is 3. The van der Waals surface area contributed by atoms with Gasteiger partial charge in [0, 0.05) is 30.4 Å². The molecule has 4 aliphatic rings. The van der Waals surface area contributed by atoms with Crippen molar-refractivity contribution in [3.05, 3.63) is 12.7 Å². The highest BCUT2D eigenvalue weighted by Gasteiger charge is 2.82. The Hall–Kier alpha value is -1.60. The number of rotatable bonds is 7. The summed E-state index contributed by atoms with van der Waals surface area (Å²) in [6.07, 6.45) is -1.11. The van der Waals surface area contributed by atoms with Crippen LogP contribution in [0.5, 0.6) is 0 Å². The molecule has 242 valence electrons. The van der Waals surface area contributed by atoms with Crippen LogP contribution in [0.3, 0.4) is 0 Å². The summed E-state index contributed by atoms with van der Waals surface area (Å²) >= 11 is 0. The number of ether oxygens (including phenoxy) is 4. The van der Waals surface area contributed by atoms with Gasteiger partial charge in [-0.3, -0.25) is 9.59 Å². The first-order valence-corrected chi connectivity index (χ1v) is 14.5. The summed E-state index contributed by atoms with van der Waals surface area (Å²) in [5.74, 6) is -2.54. The van der Waals surface area contributed by atoms with Gasteiger partial charge in [0.2, 0.25) is 0 Å². The second-order valence-electron chi connectivity index (χ2n) is 13.7. The van der Waals surface area contributed by atoms with E-state index in [0.29, 0.717) is 32.3 Å². The van der Waals surface area contributed by atoms with Gasteiger partial charge in [-0.05, 0) is 44.9 Å². The Balaban J connectivity index is 0.00000308. The van der Waals surface area contributed by atoms with Crippen LogP contribution in [0.25, 0.3) is 0 Å². The zero-order valence-electron chi connectivity index (χ0n) is 25.9. The Kier molecular flexibility index (Phi) is 10.8. The fraction of sp³-hybridized carbons (Fsp3) is 0.833. The summed E-state index contributed by atoms with van der Waals surface area (Å²) in [7, 11) is 0. The van der Waals surface area contributed by atoms with Gasteiger partial charge in [0.15, 0.2) is 23.6 Å². The average molecular weight is 620 g/mol. The van der Waals surface area contributed by atoms with E-state index in [2.05, 4.69) is 11.9 Å². The number of carbonyl (C=O) groups is 3. The van der Waals surface area contributed by atoms with Gasteiger partial charge in [0.1, 0.15) is 11.7 Å². The van der Waals surface area contributed by atoms with Crippen LogP contribution in [0.2, 0.25) is 0 Å². The third kappa shape index (κ3) is 5.55. The van der Waals surface area contributed by atoms with Gasteiger partial charge in [-0.25, -0.2) is 4.79 Å². The van der Waals surface area contributed by atoms with Crippen LogP contribution < -0.4 is 5.32 Å². The number of hydrogen-bond acceptors (Lipinski definition) is 10. The molecular weight excluding hydrogens is 570 g/mol. The molecule has 4 rings (SSSR count). The molecule has 2 heterocycles. The van der Waals surface area contributed by atoms with Crippen LogP contribution in [-0.2, 0) is 33.3 Å². The lowest BCUT2D eigenvalue weighted by Gasteiger charge is -2.71. The summed E-state index contributed by atoms with van der Waals surface area (Å²) in [6.45, 7) is 16.8. The van der Waals surface area contributed by atoms with Crippen LogP contribution in [0.15, 0.2) is 12.7 Å². The lowest BCUT2D eigenvalue weighted by molar-refractivity contribution is -0.371. The minimum absolute atomic E-state index is 0. The standard InChI is InChI=1S/C30H47NO9.ClH.H2O/c1-9-27(6)15-19(32)30(36)28(7)20(38-21(33)16-31-17(2)3)12-13-26(4,5)23(28)22(34)24(29(30,8)40-27)39-25(35)18-11-10-14-37-18;;/h9,17-18,20,22-24,31,34,36H,1,10-16H2,2-8H3;1H;1H2/t18?,20-,22-,23-,24-,27-,28-,29+,30-;;/m0../s1. The smallest absolute Gasteiger partial charge is 0.335 e. The number of nitrogens with one attached hydrogen (secondary N) is 1. The van der Waals surface area contributed by atoms with Crippen molar-refractivity contribution in [3.63, 3.8) is 0 Å². The number of ketones is 1. The SMILES string of the molecule is C=C[C@@]1(C)CC(=O)[C@]2(O)[C@@]3(C)[C@@H](OC(=O)CNC(C)C)CCC(C)(C)[C@@H]3[C@H](O)[C@H](OC(=O)C3CCCO3)[C@@]2(C)O1.Cl.O. The van der Waals surface area contributed by atoms with E-state index in [0.717, 1.165) is 0 Å². The van der Waals surface area contributed by atoms with E-state index in [-0.39, 0.29) is 36.9 Å². The molecule has 2 saturated carbocycles. The van der Waals surface area contributed by atoms with E-state index >= 15 is 0 Å². The maximum Gasteiger partial charge on any atom is 0.335 e. The first kappa shape index (κ1) is 36.6. The van der Waals surface area contributed by atoms with Gasteiger partial charge in [-0.1, -0.05) is 40.7 Å². The molecule has 2 saturated heterocycles. The lowest BCUT2D eigenvalue weighted by atomic mass is 9.39.